The Kier molecular flexibility index (Phi) is 11.7. The number of rotatable bonds is 13. The summed E-state index contributed by atoms with van der Waals surface area (Å²) in [6.07, 6.45) is 5.13. The summed E-state index contributed by atoms with van der Waals surface area (Å²) in [7, 11) is 0. The van der Waals surface area contributed by atoms with Crippen LogP contribution in [-0.2, 0) is 9.59 Å². The zero-order valence-electron chi connectivity index (χ0n) is 22.8. The monoisotopic (exact) mass is 523 g/mol. The standard InChI is InChI=1S/C30H39N3O4.H2O/c1-5-7-18-32(19-8-6-2)20-11-21-33-27(24-12-9-10-13-25(24)31(4)37)26(29(35)30(33)36)28(34)23-16-14-22(3)15-17-23;/h9-10,12-17,27,34H,4-8,11,18-21H2,1-3H3;1H2/b28-26-;. The molecule has 8 nitrogen and oxygen atoms in total. The number of hydrogen-bond donors (Lipinski definition) is 1. The van der Waals surface area contributed by atoms with Crippen molar-refractivity contribution in [2.45, 2.75) is 58.9 Å². The van der Waals surface area contributed by atoms with Gasteiger partial charge in [0.05, 0.1) is 17.2 Å². The quantitative estimate of drug-likeness (QED) is 0.0775. The Labute approximate surface area is 225 Å². The highest BCUT2D eigenvalue weighted by atomic mass is 16.5. The summed E-state index contributed by atoms with van der Waals surface area (Å²) in [4.78, 5) is 30.5. The molecule has 0 saturated carbocycles. The van der Waals surface area contributed by atoms with Crippen LogP contribution in [0, 0.1) is 12.1 Å². The molecule has 0 aromatic heterocycles. The Morgan fingerprint density at radius 1 is 1.00 bits per heavy atom. The minimum Gasteiger partial charge on any atom is -0.619 e. The van der Waals surface area contributed by atoms with E-state index in [1.54, 1.807) is 36.4 Å². The number of Topliss-reactive ketones (excluding diaryl/α,β-unsaturated/α-hetero) is 1. The number of aryl methyl sites for hydroxylation is 1. The van der Waals surface area contributed by atoms with Crippen molar-refractivity contribution in [1.82, 2.24) is 9.80 Å². The van der Waals surface area contributed by atoms with Crippen LogP contribution >= 0.6 is 0 Å². The van der Waals surface area contributed by atoms with Crippen LogP contribution in [0.5, 0.6) is 0 Å². The van der Waals surface area contributed by atoms with Crippen LogP contribution in [0.15, 0.2) is 54.1 Å². The molecule has 1 atom stereocenters. The average molecular weight is 524 g/mol. The molecule has 1 fully saturated rings. The van der Waals surface area contributed by atoms with E-state index in [1.165, 1.54) is 4.90 Å². The molecule has 3 N–H and O–H groups in total. The molecule has 0 spiro atoms. The minimum atomic E-state index is -0.879. The SMILES string of the molecule is C=[N+]([O-])c1ccccc1C1/C(=C(/O)c2ccc(C)cc2)C(=O)C(=O)N1CCCN(CCCC)CCCC.O. The third-order valence-corrected chi connectivity index (χ3v) is 6.89. The fraction of sp³-hybridized carbons (Fsp3) is 0.433. The molecule has 0 bridgehead atoms. The maximum Gasteiger partial charge on any atom is 0.295 e. The fourth-order valence-corrected chi connectivity index (χ4v) is 4.81. The summed E-state index contributed by atoms with van der Waals surface area (Å²) in [5, 5.41) is 23.6. The number of amides is 1. The molecule has 2 aromatic carbocycles. The van der Waals surface area contributed by atoms with Gasteiger partial charge in [-0.1, -0.05) is 68.7 Å². The topological polar surface area (TPSA) is 118 Å². The Morgan fingerprint density at radius 2 is 1.58 bits per heavy atom. The van der Waals surface area contributed by atoms with Crippen LogP contribution in [0.3, 0.4) is 0 Å². The van der Waals surface area contributed by atoms with E-state index in [0.29, 0.717) is 28.8 Å². The molecular weight excluding hydrogens is 482 g/mol. The maximum absolute atomic E-state index is 13.3. The first-order valence-electron chi connectivity index (χ1n) is 13.2. The van der Waals surface area contributed by atoms with Gasteiger partial charge in [0.15, 0.2) is 0 Å². The van der Waals surface area contributed by atoms with Gasteiger partial charge >= 0.3 is 0 Å². The lowest BCUT2D eigenvalue weighted by molar-refractivity contribution is -0.350. The number of carbonyl (C=O) groups excluding carboxylic acids is 2. The highest BCUT2D eigenvalue weighted by molar-refractivity contribution is 6.46. The molecule has 1 aliphatic heterocycles. The number of benzene rings is 2. The Balaban J connectivity index is 0.00000507. The summed E-state index contributed by atoms with van der Waals surface area (Å²) in [6, 6.07) is 13.0. The summed E-state index contributed by atoms with van der Waals surface area (Å²) in [6.45, 7) is 12.9. The second-order valence-electron chi connectivity index (χ2n) is 9.70. The van der Waals surface area contributed by atoms with Crippen molar-refractivity contribution in [2.75, 3.05) is 26.2 Å². The number of hydrogen-bond acceptors (Lipinski definition) is 5. The number of unbranched alkanes of at least 4 members (excludes halogenated alkanes) is 2. The molecule has 8 heteroatoms. The number of nitrogens with zero attached hydrogens (tertiary/aromatic N) is 3. The van der Waals surface area contributed by atoms with Crippen molar-refractivity contribution in [3.05, 3.63) is 76.0 Å². The molecule has 38 heavy (non-hydrogen) atoms. The van der Waals surface area contributed by atoms with Crippen molar-refractivity contribution < 1.29 is 24.9 Å². The molecule has 206 valence electrons. The highest BCUT2D eigenvalue weighted by Gasteiger charge is 2.47. The fourth-order valence-electron chi connectivity index (χ4n) is 4.81. The molecule has 1 heterocycles. The molecule has 1 aliphatic rings. The van der Waals surface area contributed by atoms with Crippen LogP contribution in [0.2, 0.25) is 0 Å². The van der Waals surface area contributed by atoms with E-state index in [-0.39, 0.29) is 22.5 Å². The van der Waals surface area contributed by atoms with Gasteiger partial charge in [-0.25, -0.2) is 0 Å². The third-order valence-electron chi connectivity index (χ3n) is 6.89. The van der Waals surface area contributed by atoms with Crippen LogP contribution in [0.4, 0.5) is 5.69 Å². The van der Waals surface area contributed by atoms with E-state index in [1.807, 2.05) is 19.1 Å². The predicted octanol–water partition coefficient (Wildman–Crippen LogP) is 4.73. The summed E-state index contributed by atoms with van der Waals surface area (Å²) >= 11 is 0. The van der Waals surface area contributed by atoms with Gasteiger partial charge in [-0.15, -0.1) is 0 Å². The lowest BCUT2D eigenvalue weighted by atomic mass is 9.94. The van der Waals surface area contributed by atoms with Gasteiger partial charge in [-0.05, 0) is 51.9 Å². The number of ketones is 1. The zero-order valence-corrected chi connectivity index (χ0v) is 22.8. The van der Waals surface area contributed by atoms with Gasteiger partial charge in [0.1, 0.15) is 12.5 Å². The van der Waals surface area contributed by atoms with E-state index < -0.39 is 17.7 Å². The van der Waals surface area contributed by atoms with Gasteiger partial charge in [0.2, 0.25) is 5.69 Å². The summed E-state index contributed by atoms with van der Waals surface area (Å²) in [5.74, 6) is -1.65. The van der Waals surface area contributed by atoms with Crippen LogP contribution in [0.1, 0.15) is 68.7 Å². The first-order valence-corrected chi connectivity index (χ1v) is 13.2. The van der Waals surface area contributed by atoms with Crippen LogP contribution in [0.25, 0.3) is 5.76 Å². The predicted molar refractivity (Wildman–Crippen MR) is 152 cm³/mol. The van der Waals surface area contributed by atoms with E-state index in [0.717, 1.165) is 50.9 Å². The summed E-state index contributed by atoms with van der Waals surface area (Å²) in [5.41, 5.74) is 2.17. The highest BCUT2D eigenvalue weighted by Crippen LogP contribution is 2.42. The summed E-state index contributed by atoms with van der Waals surface area (Å²) < 4.78 is 0.485. The van der Waals surface area contributed by atoms with Crippen molar-refractivity contribution in [3.63, 3.8) is 0 Å². The number of likely N-dealkylation sites (tertiary alicyclic amines) is 1. The van der Waals surface area contributed by atoms with E-state index in [9.17, 15) is 19.9 Å². The van der Waals surface area contributed by atoms with Crippen molar-refractivity contribution >= 4 is 29.9 Å². The van der Waals surface area contributed by atoms with Crippen molar-refractivity contribution in [3.8, 4) is 0 Å². The van der Waals surface area contributed by atoms with Gasteiger partial charge in [0, 0.05) is 18.2 Å². The zero-order chi connectivity index (χ0) is 26.9. The third kappa shape index (κ3) is 7.08. The molecule has 1 amide bonds. The second kappa shape index (κ2) is 14.4. The number of aliphatic hydroxyl groups is 1. The van der Waals surface area contributed by atoms with Gasteiger partial charge < -0.3 is 25.6 Å². The molecular formula is C30H41N3O5. The smallest absolute Gasteiger partial charge is 0.295 e. The Morgan fingerprint density at radius 3 is 2.16 bits per heavy atom. The average Bonchev–Trinajstić information content (AvgIpc) is 3.14. The van der Waals surface area contributed by atoms with Crippen LogP contribution in [-0.4, -0.2) is 69.7 Å². The first kappa shape index (κ1) is 30.7. The number of carbonyl (C=O) groups is 2. The number of aliphatic hydroxyl groups excluding tert-OH is 1. The minimum absolute atomic E-state index is 0. The molecule has 1 saturated heterocycles. The molecule has 2 aromatic rings. The van der Waals surface area contributed by atoms with E-state index in [2.05, 4.69) is 25.5 Å². The van der Waals surface area contributed by atoms with Gasteiger partial charge in [0.25, 0.3) is 11.7 Å². The normalized spacial score (nSPS) is 16.6. The van der Waals surface area contributed by atoms with E-state index >= 15 is 0 Å². The second-order valence-corrected chi connectivity index (χ2v) is 9.70. The largest absolute Gasteiger partial charge is 0.619 e. The number of para-hydroxylation sites is 1. The van der Waals surface area contributed by atoms with E-state index in [4.69, 9.17) is 0 Å². The molecule has 1 unspecified atom stereocenters. The molecule has 0 aliphatic carbocycles. The lowest BCUT2D eigenvalue weighted by Crippen LogP contribution is -2.34. The molecule has 3 rings (SSSR count). The Hall–Kier alpha value is -3.49. The Bertz CT molecular complexity index is 1130. The maximum atomic E-state index is 13.3. The van der Waals surface area contributed by atoms with Gasteiger partial charge in [-0.3, -0.25) is 9.59 Å². The first-order chi connectivity index (χ1) is 17.8. The van der Waals surface area contributed by atoms with Crippen LogP contribution < -0.4 is 0 Å². The van der Waals surface area contributed by atoms with Crippen molar-refractivity contribution in [2.24, 2.45) is 0 Å². The van der Waals surface area contributed by atoms with Crippen molar-refractivity contribution in [1.29, 1.82) is 0 Å². The lowest BCUT2D eigenvalue weighted by Gasteiger charge is -2.28. The molecule has 0 radical (unpaired) electrons. The van der Waals surface area contributed by atoms with Gasteiger partial charge in [-0.2, -0.15) is 4.74 Å².